The molecule has 0 aliphatic carbocycles. The van der Waals surface area contributed by atoms with Gasteiger partial charge in [0.15, 0.2) is 11.6 Å². The summed E-state index contributed by atoms with van der Waals surface area (Å²) in [6, 6.07) is 6.06. The number of hydrogen-bond acceptors (Lipinski definition) is 3. The van der Waals surface area contributed by atoms with Gasteiger partial charge in [-0.2, -0.15) is 0 Å². The highest BCUT2D eigenvalue weighted by atomic mass is 19.1. The van der Waals surface area contributed by atoms with Crippen LogP contribution >= 0.6 is 0 Å². The molecule has 0 spiro atoms. The van der Waals surface area contributed by atoms with Crippen LogP contribution in [0.15, 0.2) is 36.7 Å². The maximum absolute atomic E-state index is 12.6. The number of carboxylic acid groups (broad SMARTS) is 1. The summed E-state index contributed by atoms with van der Waals surface area (Å²) in [7, 11) is 0. The zero-order chi connectivity index (χ0) is 11.5. The maximum atomic E-state index is 12.6. The summed E-state index contributed by atoms with van der Waals surface area (Å²) in [4.78, 5) is 18.2. The average Bonchev–Trinajstić information content (AvgIpc) is 2.30. The lowest BCUT2D eigenvalue weighted by molar-refractivity contribution is 0.0697. The summed E-state index contributed by atoms with van der Waals surface area (Å²) >= 11 is 0. The largest absolute Gasteiger partial charge is 0.478 e. The minimum Gasteiger partial charge on any atom is -0.478 e. The molecule has 0 amide bonds. The molecule has 0 atom stereocenters. The van der Waals surface area contributed by atoms with Crippen LogP contribution in [-0.2, 0) is 0 Å². The predicted octanol–water partition coefficient (Wildman–Crippen LogP) is 1.98. The Balaban J connectivity index is 2.34. The van der Waals surface area contributed by atoms with Gasteiger partial charge >= 0.3 is 5.97 Å². The lowest BCUT2D eigenvalue weighted by Crippen LogP contribution is -1.96. The Hall–Kier alpha value is -2.30. The molecule has 1 aromatic carbocycles. The lowest BCUT2D eigenvalue weighted by Gasteiger charge is -1.99. The van der Waals surface area contributed by atoms with Crippen molar-refractivity contribution in [1.29, 1.82) is 0 Å². The van der Waals surface area contributed by atoms with E-state index in [4.69, 9.17) is 5.11 Å². The van der Waals surface area contributed by atoms with Crippen molar-refractivity contribution in [2.24, 2.45) is 0 Å². The third-order valence-corrected chi connectivity index (χ3v) is 2.01. The molecular formula is C11H7FN2O2. The van der Waals surface area contributed by atoms with Crippen LogP contribution in [0.25, 0.3) is 11.4 Å². The molecule has 0 unspecified atom stereocenters. The first kappa shape index (κ1) is 10.2. The molecule has 0 bridgehead atoms. The molecule has 0 fully saturated rings. The van der Waals surface area contributed by atoms with E-state index in [9.17, 15) is 9.18 Å². The fourth-order valence-electron chi connectivity index (χ4n) is 1.22. The number of benzene rings is 1. The second-order valence-electron chi connectivity index (χ2n) is 3.11. The van der Waals surface area contributed by atoms with E-state index in [-0.39, 0.29) is 5.56 Å². The van der Waals surface area contributed by atoms with Crippen LogP contribution in [0.1, 0.15) is 10.4 Å². The number of aromatic carboxylic acids is 1. The molecule has 0 saturated carbocycles. The van der Waals surface area contributed by atoms with E-state index in [0.29, 0.717) is 11.4 Å². The van der Waals surface area contributed by atoms with Crippen molar-refractivity contribution >= 4 is 5.97 Å². The van der Waals surface area contributed by atoms with Gasteiger partial charge in [-0.05, 0) is 12.1 Å². The number of carboxylic acids is 1. The first-order valence-corrected chi connectivity index (χ1v) is 4.48. The first-order valence-electron chi connectivity index (χ1n) is 4.48. The third kappa shape index (κ3) is 2.03. The molecule has 0 radical (unpaired) electrons. The second kappa shape index (κ2) is 4.06. The number of hydrogen-bond donors (Lipinski definition) is 1. The van der Waals surface area contributed by atoms with Gasteiger partial charge in [0.05, 0.1) is 18.0 Å². The van der Waals surface area contributed by atoms with Gasteiger partial charge < -0.3 is 5.11 Å². The predicted molar refractivity (Wildman–Crippen MR) is 54.4 cm³/mol. The summed E-state index contributed by atoms with van der Waals surface area (Å²) in [6.45, 7) is 0. The van der Waals surface area contributed by atoms with Crippen LogP contribution < -0.4 is 0 Å². The molecule has 0 saturated heterocycles. The summed E-state index contributed by atoms with van der Waals surface area (Å²) in [5, 5.41) is 8.70. The van der Waals surface area contributed by atoms with E-state index in [1.54, 1.807) is 12.1 Å². The van der Waals surface area contributed by atoms with E-state index in [2.05, 4.69) is 9.97 Å². The topological polar surface area (TPSA) is 63.1 Å². The summed E-state index contributed by atoms with van der Waals surface area (Å²) in [6.07, 6.45) is 2.13. The van der Waals surface area contributed by atoms with Crippen molar-refractivity contribution in [3.8, 4) is 11.4 Å². The van der Waals surface area contributed by atoms with E-state index < -0.39 is 11.8 Å². The van der Waals surface area contributed by atoms with Gasteiger partial charge in [-0.1, -0.05) is 12.1 Å². The maximum Gasteiger partial charge on any atom is 0.335 e. The Kier molecular flexibility index (Phi) is 2.59. The third-order valence-electron chi connectivity index (χ3n) is 2.01. The average molecular weight is 218 g/mol. The van der Waals surface area contributed by atoms with E-state index >= 15 is 0 Å². The van der Waals surface area contributed by atoms with Crippen molar-refractivity contribution in [3.63, 3.8) is 0 Å². The van der Waals surface area contributed by atoms with E-state index in [0.717, 1.165) is 12.4 Å². The molecule has 0 aliphatic heterocycles. The van der Waals surface area contributed by atoms with Crippen molar-refractivity contribution in [2.45, 2.75) is 0 Å². The van der Waals surface area contributed by atoms with Crippen LogP contribution in [0.2, 0.25) is 0 Å². The Morgan fingerprint density at radius 1 is 1.12 bits per heavy atom. The Morgan fingerprint density at radius 3 is 2.19 bits per heavy atom. The minimum absolute atomic E-state index is 0.186. The number of aromatic nitrogens is 2. The number of halogens is 1. The Bertz CT molecular complexity index is 509. The first-order chi connectivity index (χ1) is 7.66. The molecule has 1 aromatic heterocycles. The summed E-state index contributed by atoms with van der Waals surface area (Å²) in [5.41, 5.74) is 0.830. The summed E-state index contributed by atoms with van der Waals surface area (Å²) < 4.78 is 12.6. The molecule has 4 nitrogen and oxygen atoms in total. The van der Waals surface area contributed by atoms with Crippen LogP contribution in [-0.4, -0.2) is 21.0 Å². The minimum atomic E-state index is -0.994. The van der Waals surface area contributed by atoms with Gasteiger partial charge in [-0.15, -0.1) is 0 Å². The Morgan fingerprint density at radius 2 is 1.69 bits per heavy atom. The normalized spacial score (nSPS) is 10.1. The Labute approximate surface area is 90.4 Å². The van der Waals surface area contributed by atoms with Crippen LogP contribution in [0.5, 0.6) is 0 Å². The highest BCUT2D eigenvalue weighted by Gasteiger charge is 2.04. The quantitative estimate of drug-likeness (QED) is 0.837. The molecule has 1 N–H and O–H groups in total. The van der Waals surface area contributed by atoms with Gasteiger partial charge in [-0.3, -0.25) is 0 Å². The molecule has 2 rings (SSSR count). The highest BCUT2D eigenvalue weighted by molar-refractivity contribution is 5.88. The van der Waals surface area contributed by atoms with Gasteiger partial charge in [0.1, 0.15) is 0 Å². The van der Waals surface area contributed by atoms with Crippen molar-refractivity contribution in [2.75, 3.05) is 0 Å². The fourth-order valence-corrected chi connectivity index (χ4v) is 1.22. The molecule has 0 aliphatic rings. The van der Waals surface area contributed by atoms with Gasteiger partial charge in [0.25, 0.3) is 0 Å². The fraction of sp³-hybridized carbons (Fsp3) is 0. The van der Waals surface area contributed by atoms with Crippen molar-refractivity contribution in [3.05, 3.63) is 48.0 Å². The van der Waals surface area contributed by atoms with E-state index in [1.165, 1.54) is 12.1 Å². The SMILES string of the molecule is O=C(O)c1ccc(-c2ncc(F)cn2)cc1. The van der Waals surface area contributed by atoms with Crippen LogP contribution in [0.3, 0.4) is 0 Å². The van der Waals surface area contributed by atoms with E-state index in [1.807, 2.05) is 0 Å². The standard InChI is InChI=1S/C11H7FN2O2/c12-9-5-13-10(14-6-9)7-1-3-8(4-2-7)11(15)16/h1-6H,(H,15,16). The van der Waals surface area contributed by atoms with Crippen molar-refractivity contribution < 1.29 is 14.3 Å². The zero-order valence-electron chi connectivity index (χ0n) is 8.09. The van der Waals surface area contributed by atoms with Crippen molar-refractivity contribution in [1.82, 2.24) is 9.97 Å². The molecular weight excluding hydrogens is 211 g/mol. The second-order valence-corrected chi connectivity index (χ2v) is 3.11. The van der Waals surface area contributed by atoms with Gasteiger partial charge in [0.2, 0.25) is 0 Å². The molecule has 16 heavy (non-hydrogen) atoms. The molecule has 5 heteroatoms. The zero-order valence-corrected chi connectivity index (χ0v) is 8.09. The number of carbonyl (C=O) groups is 1. The molecule has 2 aromatic rings. The smallest absolute Gasteiger partial charge is 0.335 e. The monoisotopic (exact) mass is 218 g/mol. The summed E-state index contributed by atoms with van der Waals surface area (Å²) in [5.74, 6) is -1.14. The van der Waals surface area contributed by atoms with Crippen LogP contribution in [0, 0.1) is 5.82 Å². The molecule has 1 heterocycles. The van der Waals surface area contributed by atoms with Gasteiger partial charge in [-0.25, -0.2) is 19.2 Å². The lowest BCUT2D eigenvalue weighted by atomic mass is 10.1. The molecule has 80 valence electrons. The highest BCUT2D eigenvalue weighted by Crippen LogP contribution is 2.14. The number of rotatable bonds is 2. The van der Waals surface area contributed by atoms with Crippen LogP contribution in [0.4, 0.5) is 4.39 Å². The van der Waals surface area contributed by atoms with Gasteiger partial charge in [0, 0.05) is 5.56 Å². The number of nitrogens with zero attached hydrogens (tertiary/aromatic N) is 2.